The van der Waals surface area contributed by atoms with Gasteiger partial charge in [-0.15, -0.1) is 0 Å². The second-order valence-corrected chi connectivity index (χ2v) is 5.67. The van der Waals surface area contributed by atoms with E-state index in [1.54, 1.807) is 32.4 Å². The molecule has 23 heavy (non-hydrogen) atoms. The third-order valence-electron chi connectivity index (χ3n) is 4.30. The predicted octanol–water partition coefficient (Wildman–Crippen LogP) is 3.68. The van der Waals surface area contributed by atoms with Crippen LogP contribution in [-0.4, -0.2) is 31.6 Å². The van der Waals surface area contributed by atoms with Gasteiger partial charge in [0, 0.05) is 18.2 Å². The number of ether oxygens (including phenoxy) is 2. The Hall–Kier alpha value is -2.49. The van der Waals surface area contributed by atoms with Crippen LogP contribution in [-0.2, 0) is 0 Å². The Labute approximate surface area is 136 Å². The van der Waals surface area contributed by atoms with Crippen LogP contribution in [0.4, 0.5) is 0 Å². The molecule has 1 amide bonds. The number of carbonyl (C=O) groups is 1. The van der Waals surface area contributed by atoms with Crippen molar-refractivity contribution in [3.63, 3.8) is 0 Å². The molecular weight excluding hydrogens is 290 g/mol. The summed E-state index contributed by atoms with van der Waals surface area (Å²) in [6.45, 7) is 0.776. The summed E-state index contributed by atoms with van der Waals surface area (Å²) >= 11 is 0. The number of rotatable bonds is 4. The zero-order chi connectivity index (χ0) is 16.2. The molecule has 0 saturated carbocycles. The fourth-order valence-electron chi connectivity index (χ4n) is 3.13. The molecule has 0 aliphatic carbocycles. The smallest absolute Gasteiger partial charge is 0.254 e. The molecular formula is C19H21NO3. The molecule has 4 heteroatoms. The van der Waals surface area contributed by atoms with Crippen LogP contribution in [0.15, 0.2) is 48.5 Å². The van der Waals surface area contributed by atoms with Crippen LogP contribution < -0.4 is 9.47 Å². The Morgan fingerprint density at radius 1 is 1.04 bits per heavy atom. The van der Waals surface area contributed by atoms with Crippen LogP contribution in [0.5, 0.6) is 11.5 Å². The maximum Gasteiger partial charge on any atom is 0.254 e. The van der Waals surface area contributed by atoms with E-state index in [-0.39, 0.29) is 11.9 Å². The van der Waals surface area contributed by atoms with Crippen molar-refractivity contribution in [2.45, 2.75) is 18.9 Å². The number of hydrogen-bond donors (Lipinski definition) is 0. The molecule has 2 aromatic rings. The Morgan fingerprint density at radius 2 is 1.70 bits per heavy atom. The van der Waals surface area contributed by atoms with E-state index < -0.39 is 0 Å². The lowest BCUT2D eigenvalue weighted by Crippen LogP contribution is -2.30. The highest BCUT2D eigenvalue weighted by Gasteiger charge is 2.30. The fourth-order valence-corrected chi connectivity index (χ4v) is 3.13. The second kappa shape index (κ2) is 6.73. The van der Waals surface area contributed by atoms with Crippen LogP contribution in [0, 0.1) is 0 Å². The first kappa shape index (κ1) is 15.4. The maximum atomic E-state index is 13.0. The van der Waals surface area contributed by atoms with Crippen LogP contribution in [0.1, 0.15) is 34.8 Å². The van der Waals surface area contributed by atoms with Crippen LogP contribution in [0.25, 0.3) is 0 Å². The van der Waals surface area contributed by atoms with Crippen molar-refractivity contribution in [2.75, 3.05) is 20.8 Å². The monoisotopic (exact) mass is 311 g/mol. The number of hydrogen-bond acceptors (Lipinski definition) is 3. The molecule has 1 heterocycles. The summed E-state index contributed by atoms with van der Waals surface area (Å²) in [5.41, 5.74) is 1.79. The minimum absolute atomic E-state index is 0.0218. The average Bonchev–Trinajstić information content (AvgIpc) is 3.11. The number of methoxy groups -OCH3 is 2. The zero-order valence-electron chi connectivity index (χ0n) is 13.5. The van der Waals surface area contributed by atoms with Crippen molar-refractivity contribution in [1.82, 2.24) is 4.90 Å². The first-order valence-corrected chi connectivity index (χ1v) is 7.82. The second-order valence-electron chi connectivity index (χ2n) is 5.67. The predicted molar refractivity (Wildman–Crippen MR) is 89.0 cm³/mol. The number of benzene rings is 2. The van der Waals surface area contributed by atoms with Gasteiger partial charge in [-0.05, 0) is 30.5 Å². The lowest BCUT2D eigenvalue weighted by atomic mass is 10.0. The average molecular weight is 311 g/mol. The van der Waals surface area contributed by atoms with Gasteiger partial charge in [0.1, 0.15) is 11.5 Å². The summed E-state index contributed by atoms with van der Waals surface area (Å²) < 4.78 is 10.5. The van der Waals surface area contributed by atoms with E-state index in [9.17, 15) is 4.79 Å². The molecule has 1 unspecified atom stereocenters. The Kier molecular flexibility index (Phi) is 4.51. The molecule has 1 aliphatic heterocycles. The summed E-state index contributed by atoms with van der Waals surface area (Å²) in [4.78, 5) is 14.9. The summed E-state index contributed by atoms with van der Waals surface area (Å²) in [5.74, 6) is 1.28. The minimum atomic E-state index is 0.0218. The van der Waals surface area contributed by atoms with Gasteiger partial charge >= 0.3 is 0 Å². The molecule has 0 aromatic heterocycles. The summed E-state index contributed by atoms with van der Waals surface area (Å²) in [6.07, 6.45) is 2.02. The Bertz CT molecular complexity index is 662. The van der Waals surface area contributed by atoms with Crippen LogP contribution in [0.2, 0.25) is 0 Å². The van der Waals surface area contributed by atoms with Crippen molar-refractivity contribution in [3.8, 4) is 11.5 Å². The molecule has 1 atom stereocenters. The molecule has 2 aromatic carbocycles. The van der Waals surface area contributed by atoms with E-state index in [1.807, 2.05) is 23.1 Å². The maximum absolute atomic E-state index is 13.0. The first-order chi connectivity index (χ1) is 11.2. The van der Waals surface area contributed by atoms with E-state index in [0.717, 1.165) is 19.4 Å². The van der Waals surface area contributed by atoms with E-state index in [2.05, 4.69) is 12.1 Å². The van der Waals surface area contributed by atoms with Crippen LogP contribution >= 0.6 is 0 Å². The molecule has 1 fully saturated rings. The zero-order valence-corrected chi connectivity index (χ0v) is 13.5. The molecule has 120 valence electrons. The van der Waals surface area contributed by atoms with E-state index in [0.29, 0.717) is 17.1 Å². The van der Waals surface area contributed by atoms with Gasteiger partial charge in [-0.1, -0.05) is 30.3 Å². The normalized spacial score (nSPS) is 17.1. The van der Waals surface area contributed by atoms with Gasteiger partial charge in [0.25, 0.3) is 5.91 Å². The fraction of sp³-hybridized carbons (Fsp3) is 0.316. The molecule has 1 aliphatic rings. The van der Waals surface area contributed by atoms with Gasteiger partial charge in [-0.3, -0.25) is 4.79 Å². The van der Waals surface area contributed by atoms with Crippen molar-refractivity contribution >= 4 is 5.91 Å². The largest absolute Gasteiger partial charge is 0.497 e. The number of likely N-dealkylation sites (tertiary alicyclic amines) is 1. The van der Waals surface area contributed by atoms with Crippen molar-refractivity contribution in [2.24, 2.45) is 0 Å². The molecule has 1 saturated heterocycles. The summed E-state index contributed by atoms with van der Waals surface area (Å²) in [6, 6.07) is 15.7. The van der Waals surface area contributed by atoms with Gasteiger partial charge in [0.15, 0.2) is 0 Å². The van der Waals surface area contributed by atoms with Crippen LogP contribution in [0.3, 0.4) is 0 Å². The van der Waals surface area contributed by atoms with Gasteiger partial charge in [-0.2, -0.15) is 0 Å². The highest BCUT2D eigenvalue weighted by Crippen LogP contribution is 2.34. The third kappa shape index (κ3) is 3.16. The minimum Gasteiger partial charge on any atom is -0.497 e. The number of nitrogens with zero attached hydrogens (tertiary/aromatic N) is 1. The first-order valence-electron chi connectivity index (χ1n) is 7.82. The van der Waals surface area contributed by atoms with Gasteiger partial charge in [0.05, 0.1) is 20.3 Å². The number of amides is 1. The van der Waals surface area contributed by atoms with E-state index >= 15 is 0 Å². The molecule has 3 rings (SSSR count). The van der Waals surface area contributed by atoms with Crippen molar-refractivity contribution in [3.05, 3.63) is 59.7 Å². The standard InChI is InChI=1S/C19H21NO3/c1-22-16-11-15(12-17(13-16)23-2)19(21)20-10-6-9-18(20)14-7-4-3-5-8-14/h3-5,7-8,11-13,18H,6,9-10H2,1-2H3. The highest BCUT2D eigenvalue weighted by molar-refractivity contribution is 5.95. The lowest BCUT2D eigenvalue weighted by molar-refractivity contribution is 0.0735. The van der Waals surface area contributed by atoms with Gasteiger partial charge in [-0.25, -0.2) is 0 Å². The third-order valence-corrected chi connectivity index (χ3v) is 4.30. The van der Waals surface area contributed by atoms with E-state index in [4.69, 9.17) is 9.47 Å². The Morgan fingerprint density at radius 3 is 2.30 bits per heavy atom. The quantitative estimate of drug-likeness (QED) is 0.864. The van der Waals surface area contributed by atoms with Crippen molar-refractivity contribution < 1.29 is 14.3 Å². The molecule has 0 N–H and O–H groups in total. The summed E-state index contributed by atoms with van der Waals surface area (Å²) in [5, 5.41) is 0. The topological polar surface area (TPSA) is 38.8 Å². The SMILES string of the molecule is COc1cc(OC)cc(C(=O)N2CCCC2c2ccccc2)c1. The Balaban J connectivity index is 1.90. The number of carbonyl (C=O) groups excluding carboxylic acids is 1. The highest BCUT2D eigenvalue weighted by atomic mass is 16.5. The molecule has 4 nitrogen and oxygen atoms in total. The van der Waals surface area contributed by atoms with Crippen molar-refractivity contribution in [1.29, 1.82) is 0 Å². The van der Waals surface area contributed by atoms with Gasteiger partial charge < -0.3 is 14.4 Å². The summed E-state index contributed by atoms with van der Waals surface area (Å²) in [7, 11) is 3.18. The van der Waals surface area contributed by atoms with E-state index in [1.165, 1.54) is 5.56 Å². The van der Waals surface area contributed by atoms with Gasteiger partial charge in [0.2, 0.25) is 0 Å². The molecule has 0 radical (unpaired) electrons. The lowest BCUT2D eigenvalue weighted by Gasteiger charge is -2.25. The molecule has 0 spiro atoms. The molecule has 0 bridgehead atoms.